The summed E-state index contributed by atoms with van der Waals surface area (Å²) in [5, 5.41) is 19.1. The number of fused-ring (bicyclic) bond motifs is 1. The predicted molar refractivity (Wildman–Crippen MR) is 201 cm³/mol. The van der Waals surface area contributed by atoms with Gasteiger partial charge in [-0.1, -0.05) is 6.42 Å². The van der Waals surface area contributed by atoms with Crippen LogP contribution in [0.2, 0.25) is 0 Å². The molecule has 54 heavy (non-hydrogen) atoms. The molecule has 0 unspecified atom stereocenters. The lowest BCUT2D eigenvalue weighted by Gasteiger charge is -2.43. The second-order valence-corrected chi connectivity index (χ2v) is 15.7. The van der Waals surface area contributed by atoms with Crippen molar-refractivity contribution in [1.82, 2.24) is 40.3 Å². The summed E-state index contributed by atoms with van der Waals surface area (Å²) in [6.45, 7) is 5.00. The average molecular weight is 775 g/mol. The standard InChI is InChI=1S/C34H54N12O7S/c1-42-23(8-9-27(48)49)30(51)46(20-26(42)47)24(6-2-4-10-35)29(50)43-12-14-44(15-13-43)32-39-31(40-33(41-32)45-16-18-53-19-17-45)36-11-5-3-7-25-28-22(21-54-25)37-34(52)38-28/h22-25,28H,2-21,35H2,1H3,(H,48,49)(H2,37,38,52)(H,36,39,40,41)/t22-,23-,24-,25-,28-/m0/s1. The summed E-state index contributed by atoms with van der Waals surface area (Å²) >= 11 is 1.91. The van der Waals surface area contributed by atoms with E-state index in [0.717, 1.165) is 25.0 Å². The quantitative estimate of drug-likeness (QED) is 0.0958. The van der Waals surface area contributed by atoms with Crippen LogP contribution in [0, 0.1) is 0 Å². The number of nitrogens with two attached hydrogens (primary N) is 1. The number of likely N-dealkylation sites (N-methyl/N-ethyl adjacent to an activating group) is 1. The van der Waals surface area contributed by atoms with Gasteiger partial charge in [-0.15, -0.1) is 0 Å². The Labute approximate surface area is 319 Å². The molecule has 0 aliphatic carbocycles. The first-order valence-corrected chi connectivity index (χ1v) is 20.2. The van der Waals surface area contributed by atoms with Crippen LogP contribution in [0.25, 0.3) is 0 Å². The fraction of sp³-hybridized carbons (Fsp3) is 0.765. The maximum absolute atomic E-state index is 14.2. The van der Waals surface area contributed by atoms with Gasteiger partial charge in [0, 0.05) is 70.3 Å². The zero-order chi connectivity index (χ0) is 38.2. The molecule has 298 valence electrons. The van der Waals surface area contributed by atoms with Crippen LogP contribution >= 0.6 is 11.8 Å². The van der Waals surface area contributed by atoms with Gasteiger partial charge in [-0.3, -0.25) is 19.2 Å². The number of carbonyl (C=O) groups excluding carboxylic acids is 4. The highest BCUT2D eigenvalue weighted by molar-refractivity contribution is 8.00. The Morgan fingerprint density at radius 2 is 1.69 bits per heavy atom. The number of aromatic nitrogens is 3. The molecule has 0 spiro atoms. The Hall–Kier alpha value is -4.17. The molecule has 0 saturated carbocycles. The number of morpholine rings is 1. The van der Waals surface area contributed by atoms with E-state index in [0.29, 0.717) is 108 Å². The van der Waals surface area contributed by atoms with Crippen LogP contribution in [0.4, 0.5) is 22.6 Å². The average Bonchev–Trinajstić information content (AvgIpc) is 3.74. The van der Waals surface area contributed by atoms with Crippen molar-refractivity contribution in [3.05, 3.63) is 0 Å². The highest BCUT2D eigenvalue weighted by atomic mass is 32.2. The van der Waals surface area contributed by atoms with Crippen LogP contribution in [0.5, 0.6) is 0 Å². The lowest BCUT2D eigenvalue weighted by Crippen LogP contribution is -2.64. The van der Waals surface area contributed by atoms with Crippen LogP contribution in [0.1, 0.15) is 51.4 Å². The Morgan fingerprint density at radius 3 is 2.39 bits per heavy atom. The number of rotatable bonds is 17. The number of thioether (sulfide) groups is 1. The molecule has 5 fully saturated rings. The van der Waals surface area contributed by atoms with E-state index >= 15 is 0 Å². The van der Waals surface area contributed by atoms with E-state index in [1.807, 2.05) is 16.7 Å². The van der Waals surface area contributed by atoms with Gasteiger partial charge in [-0.05, 0) is 45.1 Å². The van der Waals surface area contributed by atoms with Crippen LogP contribution in [0.15, 0.2) is 0 Å². The van der Waals surface area contributed by atoms with E-state index in [1.54, 1.807) is 4.90 Å². The lowest BCUT2D eigenvalue weighted by molar-refractivity contribution is -0.161. The van der Waals surface area contributed by atoms with Crippen LogP contribution < -0.4 is 31.5 Å². The predicted octanol–water partition coefficient (Wildman–Crippen LogP) is -0.864. The number of carboxylic acids is 1. The second kappa shape index (κ2) is 18.4. The van der Waals surface area contributed by atoms with Crippen molar-refractivity contribution in [2.24, 2.45) is 5.73 Å². The maximum Gasteiger partial charge on any atom is 0.315 e. The van der Waals surface area contributed by atoms with Crippen molar-refractivity contribution in [3.63, 3.8) is 0 Å². The van der Waals surface area contributed by atoms with E-state index in [1.165, 1.54) is 16.8 Å². The van der Waals surface area contributed by atoms with Crippen molar-refractivity contribution in [3.8, 4) is 0 Å². The Morgan fingerprint density at radius 1 is 0.963 bits per heavy atom. The summed E-state index contributed by atoms with van der Waals surface area (Å²) in [7, 11) is 1.50. The van der Waals surface area contributed by atoms with Gasteiger partial charge in [-0.25, -0.2) is 4.79 Å². The fourth-order valence-corrected chi connectivity index (χ4v) is 9.28. The van der Waals surface area contributed by atoms with Gasteiger partial charge in [0.15, 0.2) is 0 Å². The highest BCUT2D eigenvalue weighted by Gasteiger charge is 2.44. The summed E-state index contributed by atoms with van der Waals surface area (Å²) < 4.78 is 5.56. The van der Waals surface area contributed by atoms with Crippen LogP contribution in [-0.4, -0.2) is 179 Å². The van der Waals surface area contributed by atoms with Crippen molar-refractivity contribution >= 4 is 59.3 Å². The van der Waals surface area contributed by atoms with Crippen molar-refractivity contribution in [2.45, 2.75) is 80.8 Å². The largest absolute Gasteiger partial charge is 0.481 e. The highest BCUT2D eigenvalue weighted by Crippen LogP contribution is 2.33. The van der Waals surface area contributed by atoms with Gasteiger partial charge in [0.2, 0.25) is 35.6 Å². The molecule has 5 saturated heterocycles. The summed E-state index contributed by atoms with van der Waals surface area (Å²) in [6.07, 6.45) is 4.25. The third kappa shape index (κ3) is 9.55. The first-order chi connectivity index (χ1) is 26.1. The lowest BCUT2D eigenvalue weighted by atomic mass is 10.00. The molecule has 6 heterocycles. The van der Waals surface area contributed by atoms with Gasteiger partial charge < -0.3 is 56.0 Å². The third-order valence-corrected chi connectivity index (χ3v) is 12.4. The van der Waals surface area contributed by atoms with Crippen LogP contribution in [0.3, 0.4) is 0 Å². The third-order valence-electron chi connectivity index (χ3n) is 10.9. The summed E-state index contributed by atoms with van der Waals surface area (Å²) in [6, 6.07) is -1.46. The minimum Gasteiger partial charge on any atom is -0.481 e. The number of unbranched alkanes of at least 4 members (excludes halogenated alkanes) is 2. The number of nitrogens with zero attached hydrogens (tertiary/aromatic N) is 8. The number of aliphatic carboxylic acids is 1. The molecule has 0 radical (unpaired) electrons. The number of piperazine rings is 2. The van der Waals surface area contributed by atoms with Gasteiger partial charge in [0.1, 0.15) is 18.6 Å². The summed E-state index contributed by atoms with van der Waals surface area (Å²) in [5.74, 6) is 0.476. The number of urea groups is 1. The Balaban J connectivity index is 1.08. The first kappa shape index (κ1) is 39.5. The fourth-order valence-electron chi connectivity index (χ4n) is 7.73. The minimum atomic E-state index is -1.06. The van der Waals surface area contributed by atoms with Crippen molar-refractivity contribution in [2.75, 3.05) is 100 Å². The molecule has 1 aromatic heterocycles. The number of carboxylic acid groups (broad SMARTS) is 1. The molecule has 0 bridgehead atoms. The maximum atomic E-state index is 14.2. The number of anilines is 3. The number of amides is 5. The van der Waals surface area contributed by atoms with Crippen LogP contribution in [-0.2, 0) is 23.9 Å². The zero-order valence-corrected chi connectivity index (χ0v) is 31.8. The molecular formula is C34H54N12O7S. The molecule has 5 aliphatic rings. The Bertz CT molecular complexity index is 1510. The molecule has 5 amide bonds. The van der Waals surface area contributed by atoms with Crippen molar-refractivity contribution in [1.29, 1.82) is 0 Å². The Kier molecular flexibility index (Phi) is 13.5. The normalized spacial score (nSPS) is 25.1. The van der Waals surface area contributed by atoms with Gasteiger partial charge >= 0.3 is 12.0 Å². The number of hydrogen-bond donors (Lipinski definition) is 5. The second-order valence-electron chi connectivity index (χ2n) is 14.4. The van der Waals surface area contributed by atoms with E-state index < -0.39 is 24.0 Å². The zero-order valence-electron chi connectivity index (χ0n) is 31.0. The molecule has 0 aromatic carbocycles. The molecule has 19 nitrogen and oxygen atoms in total. The van der Waals surface area contributed by atoms with Gasteiger partial charge in [0.05, 0.1) is 25.3 Å². The number of hydrogen-bond acceptors (Lipinski definition) is 14. The molecule has 6 N–H and O–H groups in total. The molecule has 5 atom stereocenters. The smallest absolute Gasteiger partial charge is 0.315 e. The summed E-state index contributed by atoms with van der Waals surface area (Å²) in [4.78, 5) is 86.8. The SMILES string of the molecule is CN1C(=O)CN([C@@H](CCCCN)C(=O)N2CCN(c3nc(NCCCC[C@@H]4SC[C@@H]5NC(=O)N[C@@H]54)nc(N4CCOCC4)n3)CC2)C(=O)[C@@H]1CCC(=O)O. The van der Waals surface area contributed by atoms with Crippen molar-refractivity contribution < 1.29 is 33.8 Å². The first-order valence-electron chi connectivity index (χ1n) is 19.2. The van der Waals surface area contributed by atoms with Gasteiger partial charge in [-0.2, -0.15) is 26.7 Å². The molecule has 20 heteroatoms. The minimum absolute atomic E-state index is 0.0241. The number of carbonyl (C=O) groups is 5. The van der Waals surface area contributed by atoms with E-state index in [-0.39, 0.29) is 49.3 Å². The topological polar surface area (TPSA) is 232 Å². The number of ether oxygens (including phenoxy) is 1. The summed E-state index contributed by atoms with van der Waals surface area (Å²) in [5.41, 5.74) is 5.75. The molecule has 6 rings (SSSR count). The molecule has 1 aromatic rings. The van der Waals surface area contributed by atoms with E-state index in [4.69, 9.17) is 25.4 Å². The monoisotopic (exact) mass is 774 g/mol. The molecule has 5 aliphatic heterocycles. The van der Waals surface area contributed by atoms with E-state index in [9.17, 15) is 29.1 Å². The van der Waals surface area contributed by atoms with Gasteiger partial charge in [0.25, 0.3) is 0 Å². The number of nitrogens with one attached hydrogen (secondary N) is 3. The van der Waals surface area contributed by atoms with E-state index in [2.05, 4.69) is 20.9 Å². The molecular weight excluding hydrogens is 721 g/mol.